The molecule has 0 saturated heterocycles. The van der Waals surface area contributed by atoms with E-state index in [1.807, 2.05) is 0 Å². The third-order valence-corrected chi connectivity index (χ3v) is 8.84. The quantitative estimate of drug-likeness (QED) is 0.738. The molecule has 0 heterocycles. The molecule has 3 aliphatic rings. The van der Waals surface area contributed by atoms with Crippen molar-refractivity contribution in [3.8, 4) is 0 Å². The Hall–Kier alpha value is -0.670. The van der Waals surface area contributed by atoms with Crippen LogP contribution in [0.25, 0.3) is 0 Å². The number of aliphatic hydroxyl groups excluding tert-OH is 2. The fourth-order valence-electron chi connectivity index (χ4n) is 6.77. The largest absolute Gasteiger partial charge is 0.390 e. The predicted molar refractivity (Wildman–Crippen MR) is 100 cm³/mol. The number of hydrogen-bond acceptors (Lipinski definition) is 3. The van der Waals surface area contributed by atoms with Crippen LogP contribution in [0.1, 0.15) is 73.1 Å². The van der Waals surface area contributed by atoms with Crippen molar-refractivity contribution in [1.82, 2.24) is 0 Å². The minimum absolute atomic E-state index is 0.0510. The highest BCUT2D eigenvalue weighted by Crippen LogP contribution is 2.62. The summed E-state index contributed by atoms with van der Waals surface area (Å²) >= 11 is 0. The first-order valence-electron chi connectivity index (χ1n) is 10.2. The van der Waals surface area contributed by atoms with Crippen molar-refractivity contribution in [1.29, 1.82) is 0 Å². The third kappa shape index (κ3) is 2.65. The van der Waals surface area contributed by atoms with E-state index in [0.29, 0.717) is 24.7 Å². The van der Waals surface area contributed by atoms with Gasteiger partial charge in [0.2, 0.25) is 0 Å². The highest BCUT2D eigenvalue weighted by Gasteiger charge is 2.60. The molecule has 3 nitrogen and oxygen atoms in total. The van der Waals surface area contributed by atoms with Gasteiger partial charge in [0.1, 0.15) is 5.78 Å². The van der Waals surface area contributed by atoms with Crippen molar-refractivity contribution in [3.05, 3.63) is 11.6 Å². The standard InChI is InChI=1S/C22H36O3/c1-6-14-8-9-16(21(14,4)7-2)18-13(3)22(5)11-10-15(23)12-17(22)19(24)20(18)25/h6,13,16-20,24-25H,7-12H2,1-5H3/b14-6-/t13?,16?,17?,18?,19-,20?,21?,22-/m1/s1. The molecule has 0 aromatic rings. The summed E-state index contributed by atoms with van der Waals surface area (Å²) in [7, 11) is 0. The topological polar surface area (TPSA) is 57.5 Å². The zero-order chi connectivity index (χ0) is 18.6. The monoisotopic (exact) mass is 348 g/mol. The predicted octanol–water partition coefficient (Wildman–Crippen LogP) is 4.12. The van der Waals surface area contributed by atoms with Gasteiger partial charge in [-0.25, -0.2) is 0 Å². The first-order chi connectivity index (χ1) is 11.7. The third-order valence-electron chi connectivity index (χ3n) is 8.84. The van der Waals surface area contributed by atoms with Crippen LogP contribution in [0.15, 0.2) is 11.6 Å². The number of Topliss-reactive ketones (excluding diaryl/α,β-unsaturated/α-hetero) is 1. The maximum atomic E-state index is 12.0. The van der Waals surface area contributed by atoms with Gasteiger partial charge in [0, 0.05) is 12.8 Å². The molecule has 0 amide bonds. The average molecular weight is 349 g/mol. The van der Waals surface area contributed by atoms with E-state index in [4.69, 9.17) is 0 Å². The molecule has 0 spiro atoms. The normalized spacial score (nSPS) is 52.4. The van der Waals surface area contributed by atoms with E-state index in [1.54, 1.807) is 0 Å². The minimum Gasteiger partial charge on any atom is -0.390 e. The maximum absolute atomic E-state index is 12.0. The van der Waals surface area contributed by atoms with Crippen molar-refractivity contribution in [2.24, 2.45) is 34.5 Å². The molecule has 3 heteroatoms. The van der Waals surface area contributed by atoms with Crippen molar-refractivity contribution in [2.45, 2.75) is 85.4 Å². The Bertz CT molecular complexity index is 568. The van der Waals surface area contributed by atoms with Crippen LogP contribution in [0.4, 0.5) is 0 Å². The van der Waals surface area contributed by atoms with Crippen molar-refractivity contribution >= 4 is 5.78 Å². The number of fused-ring (bicyclic) bond motifs is 1. The highest BCUT2D eigenvalue weighted by molar-refractivity contribution is 5.79. The Morgan fingerprint density at radius 1 is 1.16 bits per heavy atom. The molecule has 3 aliphatic carbocycles. The second-order valence-corrected chi connectivity index (χ2v) is 9.43. The van der Waals surface area contributed by atoms with Gasteiger partial charge in [-0.05, 0) is 67.1 Å². The lowest BCUT2D eigenvalue weighted by molar-refractivity contribution is -0.191. The van der Waals surface area contributed by atoms with E-state index in [0.717, 1.165) is 25.7 Å². The second-order valence-electron chi connectivity index (χ2n) is 9.43. The van der Waals surface area contributed by atoms with Crippen LogP contribution < -0.4 is 0 Å². The smallest absolute Gasteiger partial charge is 0.133 e. The molecule has 8 atom stereocenters. The molecule has 2 N–H and O–H groups in total. The molecule has 25 heavy (non-hydrogen) atoms. The summed E-state index contributed by atoms with van der Waals surface area (Å²) in [4.78, 5) is 12.0. The summed E-state index contributed by atoms with van der Waals surface area (Å²) in [5.41, 5.74) is 1.58. The van der Waals surface area contributed by atoms with E-state index in [1.165, 1.54) is 5.57 Å². The van der Waals surface area contributed by atoms with Crippen LogP contribution in [-0.2, 0) is 4.79 Å². The Labute approximate surface area is 152 Å². The molecule has 0 aromatic carbocycles. The van der Waals surface area contributed by atoms with E-state index >= 15 is 0 Å². The summed E-state index contributed by atoms with van der Waals surface area (Å²) in [6.45, 7) is 11.3. The number of ketones is 1. The Morgan fingerprint density at radius 3 is 2.44 bits per heavy atom. The van der Waals surface area contributed by atoms with Gasteiger partial charge in [-0.1, -0.05) is 39.3 Å². The first-order valence-corrected chi connectivity index (χ1v) is 10.2. The molecule has 0 aromatic heterocycles. The Morgan fingerprint density at radius 2 is 1.84 bits per heavy atom. The lowest BCUT2D eigenvalue weighted by Crippen LogP contribution is -2.61. The fraction of sp³-hybridized carbons (Fsp3) is 0.864. The molecular weight excluding hydrogens is 312 g/mol. The number of aliphatic hydroxyl groups is 2. The van der Waals surface area contributed by atoms with Crippen molar-refractivity contribution in [3.63, 3.8) is 0 Å². The average Bonchev–Trinajstić information content (AvgIpc) is 2.92. The molecule has 0 radical (unpaired) electrons. The van der Waals surface area contributed by atoms with Gasteiger partial charge in [-0.15, -0.1) is 0 Å². The Balaban J connectivity index is 1.98. The molecule has 142 valence electrons. The van der Waals surface area contributed by atoms with Crippen molar-refractivity contribution in [2.75, 3.05) is 0 Å². The van der Waals surface area contributed by atoms with Gasteiger partial charge < -0.3 is 10.2 Å². The lowest BCUT2D eigenvalue weighted by Gasteiger charge is -2.58. The first kappa shape index (κ1) is 19.1. The van der Waals surface area contributed by atoms with E-state index in [-0.39, 0.29) is 28.4 Å². The lowest BCUT2D eigenvalue weighted by atomic mass is 9.48. The van der Waals surface area contributed by atoms with E-state index in [2.05, 4.69) is 40.7 Å². The van der Waals surface area contributed by atoms with E-state index < -0.39 is 12.2 Å². The molecular formula is C22H36O3. The number of hydrogen-bond donors (Lipinski definition) is 2. The van der Waals surface area contributed by atoms with Gasteiger partial charge in [0.15, 0.2) is 0 Å². The number of rotatable bonds is 2. The number of allylic oxidation sites excluding steroid dienone is 2. The summed E-state index contributed by atoms with van der Waals surface area (Å²) < 4.78 is 0. The van der Waals surface area contributed by atoms with Gasteiger partial charge in [0.25, 0.3) is 0 Å². The summed E-state index contributed by atoms with van der Waals surface area (Å²) in [6, 6.07) is 0. The van der Waals surface area contributed by atoms with Crippen LogP contribution in [0.3, 0.4) is 0 Å². The van der Waals surface area contributed by atoms with Gasteiger partial charge in [-0.3, -0.25) is 4.79 Å². The zero-order valence-electron chi connectivity index (χ0n) is 16.6. The summed E-state index contributed by atoms with van der Waals surface area (Å²) in [5.74, 6) is 0.974. The molecule has 0 bridgehead atoms. The fourth-order valence-corrected chi connectivity index (χ4v) is 6.77. The second kappa shape index (κ2) is 6.49. The maximum Gasteiger partial charge on any atom is 0.133 e. The molecule has 3 rings (SSSR count). The summed E-state index contributed by atoms with van der Waals surface area (Å²) in [5, 5.41) is 22.1. The van der Waals surface area contributed by atoms with Crippen LogP contribution in [-0.4, -0.2) is 28.2 Å². The molecule has 6 unspecified atom stereocenters. The summed E-state index contributed by atoms with van der Waals surface area (Å²) in [6.07, 6.45) is 5.97. The molecule has 3 fully saturated rings. The SMILES string of the molecule is C/C=C1/CCC(C2C(O)[C@H](O)C3CC(=O)CC[C@]3(C)C2C)C1(C)CC. The van der Waals surface area contributed by atoms with Gasteiger partial charge >= 0.3 is 0 Å². The minimum atomic E-state index is -0.772. The highest BCUT2D eigenvalue weighted by atomic mass is 16.3. The van der Waals surface area contributed by atoms with Crippen molar-refractivity contribution < 1.29 is 15.0 Å². The van der Waals surface area contributed by atoms with E-state index in [9.17, 15) is 15.0 Å². The molecule has 3 saturated carbocycles. The molecule has 0 aliphatic heterocycles. The van der Waals surface area contributed by atoms with Gasteiger partial charge in [0.05, 0.1) is 12.2 Å². The zero-order valence-corrected chi connectivity index (χ0v) is 16.6. The van der Waals surface area contributed by atoms with Gasteiger partial charge in [-0.2, -0.15) is 0 Å². The van der Waals surface area contributed by atoms with Crippen LogP contribution in [0.5, 0.6) is 0 Å². The number of carbonyl (C=O) groups is 1. The van der Waals surface area contributed by atoms with Crippen LogP contribution in [0, 0.1) is 34.5 Å². The number of carbonyl (C=O) groups excluding carboxylic acids is 1. The van der Waals surface area contributed by atoms with Crippen LogP contribution >= 0.6 is 0 Å². The van der Waals surface area contributed by atoms with Crippen LogP contribution in [0.2, 0.25) is 0 Å². The Kier molecular flexibility index (Phi) is 4.96.